The van der Waals surface area contributed by atoms with Crippen LogP contribution < -0.4 is 5.32 Å². The minimum absolute atomic E-state index is 0.263. The molecule has 1 atom stereocenters. The van der Waals surface area contributed by atoms with Crippen molar-refractivity contribution in [1.82, 2.24) is 24.6 Å². The van der Waals surface area contributed by atoms with Crippen LogP contribution in [0.2, 0.25) is 0 Å². The molecular formula is C26H21F2N5O. The van der Waals surface area contributed by atoms with E-state index in [1.54, 1.807) is 43.6 Å². The van der Waals surface area contributed by atoms with Gasteiger partial charge in [-0.3, -0.25) is 4.79 Å². The lowest BCUT2D eigenvalue weighted by Crippen LogP contribution is -2.31. The number of nitrogens with one attached hydrogen (secondary N) is 1. The van der Waals surface area contributed by atoms with Crippen molar-refractivity contribution in [2.75, 3.05) is 0 Å². The second-order valence-corrected chi connectivity index (χ2v) is 7.97. The number of carbonyl (C=O) groups excluding carboxylic acids is 1. The fourth-order valence-corrected chi connectivity index (χ4v) is 4.02. The first kappa shape index (κ1) is 21.5. The van der Waals surface area contributed by atoms with Gasteiger partial charge in [-0.2, -0.15) is 5.10 Å². The summed E-state index contributed by atoms with van der Waals surface area (Å²) >= 11 is 0. The molecule has 0 bridgehead atoms. The molecule has 5 rings (SSSR count). The summed E-state index contributed by atoms with van der Waals surface area (Å²) in [6.45, 7) is 2.10. The fourth-order valence-electron chi connectivity index (χ4n) is 4.02. The monoisotopic (exact) mass is 457 g/mol. The molecule has 3 aromatic carbocycles. The minimum Gasteiger partial charge on any atom is -0.343 e. The van der Waals surface area contributed by atoms with Crippen molar-refractivity contribution in [2.24, 2.45) is 0 Å². The molecule has 0 aliphatic carbocycles. The normalized spacial score (nSPS) is 12.1. The van der Waals surface area contributed by atoms with Crippen LogP contribution in [0.4, 0.5) is 8.78 Å². The highest BCUT2D eigenvalue weighted by Crippen LogP contribution is 2.22. The first-order valence-corrected chi connectivity index (χ1v) is 10.8. The highest BCUT2D eigenvalue weighted by atomic mass is 19.1. The standard InChI is InChI=1S/C26H21F2N5O/c1-17-20(14-30-33(17)24-8-4-2-6-21(24)28)26(34)31-23(18-10-12-19(27)13-11-18)15-32-16-29-22-7-3-5-9-25(22)32/h2-14,16,23H,15H2,1H3,(H,31,34). The predicted octanol–water partition coefficient (Wildman–Crippen LogP) is 4.98. The predicted molar refractivity (Wildman–Crippen MR) is 125 cm³/mol. The first-order chi connectivity index (χ1) is 16.5. The van der Waals surface area contributed by atoms with Crippen LogP contribution in [0.5, 0.6) is 0 Å². The molecule has 0 spiro atoms. The summed E-state index contributed by atoms with van der Waals surface area (Å²) in [5, 5.41) is 7.26. The average molecular weight is 457 g/mol. The van der Waals surface area contributed by atoms with Gasteiger partial charge >= 0.3 is 0 Å². The van der Waals surface area contributed by atoms with Gasteiger partial charge in [-0.05, 0) is 48.9 Å². The van der Waals surface area contributed by atoms with Crippen LogP contribution in [0.3, 0.4) is 0 Å². The van der Waals surface area contributed by atoms with Gasteiger partial charge in [0.1, 0.15) is 17.3 Å². The maximum Gasteiger partial charge on any atom is 0.255 e. The number of nitrogens with zero attached hydrogens (tertiary/aromatic N) is 4. The van der Waals surface area contributed by atoms with Crippen molar-refractivity contribution in [3.05, 3.63) is 114 Å². The van der Waals surface area contributed by atoms with Gasteiger partial charge in [-0.25, -0.2) is 18.4 Å². The Morgan fingerprint density at radius 3 is 2.53 bits per heavy atom. The van der Waals surface area contributed by atoms with Gasteiger partial charge in [-0.15, -0.1) is 0 Å². The lowest BCUT2D eigenvalue weighted by Gasteiger charge is -2.20. The van der Waals surface area contributed by atoms with Crippen LogP contribution in [0.15, 0.2) is 85.3 Å². The number of imidazole rings is 1. The molecule has 0 saturated heterocycles. The average Bonchev–Trinajstić information content (AvgIpc) is 3.43. The van der Waals surface area contributed by atoms with Gasteiger partial charge in [-0.1, -0.05) is 36.4 Å². The number of fused-ring (bicyclic) bond motifs is 1. The number of aromatic nitrogens is 4. The van der Waals surface area contributed by atoms with Crippen molar-refractivity contribution < 1.29 is 13.6 Å². The van der Waals surface area contributed by atoms with Crippen LogP contribution in [-0.4, -0.2) is 25.2 Å². The summed E-state index contributed by atoms with van der Waals surface area (Å²) in [5.41, 5.74) is 3.60. The largest absolute Gasteiger partial charge is 0.343 e. The van der Waals surface area contributed by atoms with E-state index < -0.39 is 11.9 Å². The molecule has 1 amide bonds. The van der Waals surface area contributed by atoms with Gasteiger partial charge in [0, 0.05) is 6.54 Å². The Kier molecular flexibility index (Phi) is 5.63. The van der Waals surface area contributed by atoms with E-state index in [-0.39, 0.29) is 17.4 Å². The Balaban J connectivity index is 1.46. The SMILES string of the molecule is Cc1c(C(=O)NC(Cn2cnc3ccccc32)c2ccc(F)cc2)cnn1-c1ccccc1F. The van der Waals surface area contributed by atoms with Crippen LogP contribution >= 0.6 is 0 Å². The Labute approximate surface area is 194 Å². The quantitative estimate of drug-likeness (QED) is 0.391. The second-order valence-electron chi connectivity index (χ2n) is 7.97. The Hall–Kier alpha value is -4.33. The lowest BCUT2D eigenvalue weighted by atomic mass is 10.1. The number of benzene rings is 3. The van der Waals surface area contributed by atoms with Gasteiger partial charge < -0.3 is 9.88 Å². The summed E-state index contributed by atoms with van der Waals surface area (Å²) < 4.78 is 31.2. The van der Waals surface area contributed by atoms with Crippen molar-refractivity contribution in [3.8, 4) is 5.69 Å². The van der Waals surface area contributed by atoms with E-state index in [9.17, 15) is 13.6 Å². The fraction of sp³-hybridized carbons (Fsp3) is 0.115. The number of hydrogen-bond donors (Lipinski definition) is 1. The minimum atomic E-state index is -0.470. The highest BCUT2D eigenvalue weighted by Gasteiger charge is 2.22. The Morgan fingerprint density at radius 2 is 1.74 bits per heavy atom. The number of para-hydroxylation sites is 3. The molecule has 5 aromatic rings. The second kappa shape index (κ2) is 8.90. The first-order valence-electron chi connectivity index (χ1n) is 10.8. The molecule has 2 heterocycles. The zero-order valence-corrected chi connectivity index (χ0v) is 18.3. The Morgan fingerprint density at radius 1 is 1.00 bits per heavy atom. The van der Waals surface area contributed by atoms with Crippen LogP contribution in [0.25, 0.3) is 16.7 Å². The maximum absolute atomic E-state index is 14.3. The van der Waals surface area contributed by atoms with E-state index >= 15 is 0 Å². The van der Waals surface area contributed by atoms with Crippen LogP contribution in [0.1, 0.15) is 27.7 Å². The third-order valence-corrected chi connectivity index (χ3v) is 5.82. The molecule has 0 radical (unpaired) electrons. The van der Waals surface area contributed by atoms with Gasteiger partial charge in [0.15, 0.2) is 0 Å². The lowest BCUT2D eigenvalue weighted by molar-refractivity contribution is 0.0932. The maximum atomic E-state index is 14.3. The van der Waals surface area contributed by atoms with Crippen molar-refractivity contribution in [1.29, 1.82) is 0 Å². The van der Waals surface area contributed by atoms with Crippen LogP contribution in [-0.2, 0) is 6.54 Å². The highest BCUT2D eigenvalue weighted by molar-refractivity contribution is 5.95. The van der Waals surface area contributed by atoms with Crippen molar-refractivity contribution in [2.45, 2.75) is 19.5 Å². The molecule has 0 aliphatic heterocycles. The molecule has 2 aromatic heterocycles. The molecule has 34 heavy (non-hydrogen) atoms. The summed E-state index contributed by atoms with van der Waals surface area (Å²) in [6, 6.07) is 19.5. The molecule has 8 heteroatoms. The van der Waals surface area contributed by atoms with Gasteiger partial charge in [0.25, 0.3) is 5.91 Å². The van der Waals surface area contributed by atoms with Gasteiger partial charge in [0.05, 0.1) is 40.9 Å². The van der Waals surface area contributed by atoms with E-state index in [2.05, 4.69) is 15.4 Å². The molecule has 1 N–H and O–H groups in total. The number of carbonyl (C=O) groups is 1. The summed E-state index contributed by atoms with van der Waals surface area (Å²) in [5.74, 6) is -1.15. The summed E-state index contributed by atoms with van der Waals surface area (Å²) in [6.07, 6.45) is 3.14. The summed E-state index contributed by atoms with van der Waals surface area (Å²) in [7, 11) is 0. The van der Waals surface area contributed by atoms with Crippen LogP contribution in [0, 0.1) is 18.6 Å². The Bertz CT molecular complexity index is 1470. The molecular weight excluding hydrogens is 436 g/mol. The smallest absolute Gasteiger partial charge is 0.255 e. The molecule has 0 fully saturated rings. The van der Waals surface area contributed by atoms with E-state index in [1.165, 1.54) is 29.1 Å². The van der Waals surface area contributed by atoms with E-state index in [4.69, 9.17) is 0 Å². The summed E-state index contributed by atoms with van der Waals surface area (Å²) in [4.78, 5) is 17.7. The molecule has 0 aliphatic rings. The zero-order valence-electron chi connectivity index (χ0n) is 18.3. The van der Waals surface area contributed by atoms with Crippen molar-refractivity contribution in [3.63, 3.8) is 0 Å². The number of rotatable bonds is 6. The number of amides is 1. The molecule has 6 nitrogen and oxygen atoms in total. The van der Waals surface area contributed by atoms with Crippen molar-refractivity contribution >= 4 is 16.9 Å². The molecule has 0 saturated carbocycles. The third-order valence-electron chi connectivity index (χ3n) is 5.82. The molecule has 170 valence electrons. The van der Waals surface area contributed by atoms with E-state index in [0.717, 1.165) is 16.6 Å². The third kappa shape index (κ3) is 4.05. The zero-order chi connectivity index (χ0) is 23.7. The van der Waals surface area contributed by atoms with Gasteiger partial charge in [0.2, 0.25) is 0 Å². The number of halogens is 2. The number of hydrogen-bond acceptors (Lipinski definition) is 3. The molecule has 1 unspecified atom stereocenters. The topological polar surface area (TPSA) is 64.7 Å². The van der Waals surface area contributed by atoms with E-state index in [0.29, 0.717) is 17.8 Å². The van der Waals surface area contributed by atoms with E-state index in [1.807, 2.05) is 28.8 Å².